The van der Waals surface area contributed by atoms with Crippen LogP contribution in [0.4, 0.5) is 0 Å². The summed E-state index contributed by atoms with van der Waals surface area (Å²) in [5.74, 6) is 5.93. The smallest absolute Gasteiger partial charge is 0.302 e. The van der Waals surface area contributed by atoms with Crippen molar-refractivity contribution < 1.29 is 19.2 Å². The van der Waals surface area contributed by atoms with E-state index in [4.69, 9.17) is 9.47 Å². The van der Waals surface area contributed by atoms with Crippen LogP contribution in [-0.4, -0.2) is 44.9 Å². The molecule has 1 aliphatic heterocycles. The van der Waals surface area contributed by atoms with Crippen LogP contribution in [0.25, 0.3) is 0 Å². The van der Waals surface area contributed by atoms with E-state index in [0.29, 0.717) is 6.42 Å². The molecule has 16 heavy (non-hydrogen) atoms. The first-order valence-corrected chi connectivity index (χ1v) is 5.72. The van der Waals surface area contributed by atoms with Gasteiger partial charge in [0.25, 0.3) is 0 Å². The highest BCUT2D eigenvalue weighted by molar-refractivity contribution is 5.66. The van der Waals surface area contributed by atoms with Gasteiger partial charge in [-0.1, -0.05) is 5.92 Å². The molecule has 0 radical (unpaired) electrons. The summed E-state index contributed by atoms with van der Waals surface area (Å²) < 4.78 is 10.2. The number of carbonyl (C=O) groups is 1. The lowest BCUT2D eigenvalue weighted by Crippen LogP contribution is -3.14. The second kappa shape index (κ2) is 7.26. The summed E-state index contributed by atoms with van der Waals surface area (Å²) in [4.78, 5) is 12.1. The van der Waals surface area contributed by atoms with Crippen molar-refractivity contribution in [2.75, 3.05) is 32.8 Å². The molecule has 1 saturated heterocycles. The lowest BCUT2D eigenvalue weighted by molar-refractivity contribution is -0.900. The van der Waals surface area contributed by atoms with Crippen LogP contribution in [0.3, 0.4) is 0 Å². The average molecular weight is 226 g/mol. The number of ether oxygens (including phenoxy) is 2. The maximum Gasteiger partial charge on any atom is 0.302 e. The van der Waals surface area contributed by atoms with Crippen molar-refractivity contribution in [3.8, 4) is 11.8 Å². The van der Waals surface area contributed by atoms with Gasteiger partial charge in [0.1, 0.15) is 25.7 Å². The van der Waals surface area contributed by atoms with Gasteiger partial charge in [-0.3, -0.25) is 4.79 Å². The molecule has 1 aliphatic rings. The average Bonchev–Trinajstić information content (AvgIpc) is 2.25. The fraction of sp³-hybridized carbons (Fsp3) is 0.750. The summed E-state index contributed by atoms with van der Waals surface area (Å²) in [6, 6.07) is 0. The highest BCUT2D eigenvalue weighted by atomic mass is 16.5. The van der Waals surface area contributed by atoms with Gasteiger partial charge >= 0.3 is 5.97 Å². The van der Waals surface area contributed by atoms with E-state index >= 15 is 0 Å². The van der Waals surface area contributed by atoms with Gasteiger partial charge in [0.2, 0.25) is 0 Å². The topological polar surface area (TPSA) is 40.0 Å². The minimum Gasteiger partial charge on any atom is -0.462 e. The molecule has 0 aliphatic carbocycles. The van der Waals surface area contributed by atoms with E-state index in [0.717, 1.165) is 32.8 Å². The zero-order valence-electron chi connectivity index (χ0n) is 10.0. The third-order valence-electron chi connectivity index (χ3n) is 2.42. The van der Waals surface area contributed by atoms with E-state index in [2.05, 4.69) is 11.8 Å². The van der Waals surface area contributed by atoms with Gasteiger partial charge in [0.15, 0.2) is 0 Å². The van der Waals surface area contributed by atoms with Gasteiger partial charge in [-0.05, 0) is 12.8 Å². The second-order valence-corrected chi connectivity index (χ2v) is 4.02. The number of rotatable bonds is 3. The van der Waals surface area contributed by atoms with Crippen LogP contribution in [0.1, 0.15) is 20.3 Å². The van der Waals surface area contributed by atoms with Crippen LogP contribution in [0.15, 0.2) is 0 Å². The van der Waals surface area contributed by atoms with Crippen LogP contribution in [0.5, 0.6) is 0 Å². The zero-order chi connectivity index (χ0) is 11.8. The van der Waals surface area contributed by atoms with E-state index in [9.17, 15) is 4.79 Å². The highest BCUT2D eigenvalue weighted by Crippen LogP contribution is 1.95. The molecule has 0 aromatic carbocycles. The number of carbonyl (C=O) groups excluding carboxylic acids is 1. The highest BCUT2D eigenvalue weighted by Gasteiger charge is 2.11. The Balaban J connectivity index is 2.14. The molecule has 1 heterocycles. The SMILES string of the molecule is CC(=O)O[C@H](C)CC#CC[NH+]1CCOCC1. The molecule has 0 saturated carbocycles. The minimum absolute atomic E-state index is 0.107. The molecule has 1 N–H and O–H groups in total. The van der Waals surface area contributed by atoms with Gasteiger partial charge in [0.05, 0.1) is 13.2 Å². The Morgan fingerprint density at radius 2 is 2.12 bits per heavy atom. The molecule has 0 aromatic heterocycles. The quantitative estimate of drug-likeness (QED) is 0.508. The van der Waals surface area contributed by atoms with Crippen molar-refractivity contribution in [3.05, 3.63) is 0 Å². The van der Waals surface area contributed by atoms with E-state index in [1.807, 2.05) is 6.92 Å². The lowest BCUT2D eigenvalue weighted by Gasteiger charge is -2.21. The predicted molar refractivity (Wildman–Crippen MR) is 60.0 cm³/mol. The molecule has 0 bridgehead atoms. The summed E-state index contributed by atoms with van der Waals surface area (Å²) in [6.45, 7) is 7.87. The molecule has 0 amide bonds. The van der Waals surface area contributed by atoms with Crippen molar-refractivity contribution in [1.29, 1.82) is 0 Å². The van der Waals surface area contributed by atoms with E-state index < -0.39 is 0 Å². The normalized spacial score (nSPS) is 18.4. The molecule has 1 rings (SSSR count). The number of hydrogen-bond donors (Lipinski definition) is 1. The third-order valence-corrected chi connectivity index (χ3v) is 2.42. The van der Waals surface area contributed by atoms with Gasteiger partial charge in [-0.15, -0.1) is 0 Å². The first-order valence-electron chi connectivity index (χ1n) is 5.72. The van der Waals surface area contributed by atoms with E-state index in [1.54, 1.807) is 0 Å². The van der Waals surface area contributed by atoms with Crippen molar-refractivity contribution in [3.63, 3.8) is 0 Å². The van der Waals surface area contributed by atoms with E-state index in [1.165, 1.54) is 11.8 Å². The fourth-order valence-corrected chi connectivity index (χ4v) is 1.57. The monoisotopic (exact) mass is 226 g/mol. The molecule has 1 atom stereocenters. The van der Waals surface area contributed by atoms with Crippen molar-refractivity contribution in [2.45, 2.75) is 26.4 Å². The largest absolute Gasteiger partial charge is 0.462 e. The van der Waals surface area contributed by atoms with Gasteiger partial charge in [-0.25, -0.2) is 0 Å². The number of esters is 1. The lowest BCUT2D eigenvalue weighted by atomic mass is 10.3. The number of nitrogens with one attached hydrogen (secondary N) is 1. The second-order valence-electron chi connectivity index (χ2n) is 4.02. The Morgan fingerprint density at radius 3 is 2.75 bits per heavy atom. The Hall–Kier alpha value is -1.05. The zero-order valence-corrected chi connectivity index (χ0v) is 10.0. The summed E-state index contributed by atoms with van der Waals surface area (Å²) in [5.41, 5.74) is 0. The molecule has 90 valence electrons. The molecule has 4 heteroatoms. The molecule has 0 unspecified atom stereocenters. The summed E-state index contributed by atoms with van der Waals surface area (Å²) >= 11 is 0. The van der Waals surface area contributed by atoms with Gasteiger partial charge in [-0.2, -0.15) is 0 Å². The van der Waals surface area contributed by atoms with Crippen molar-refractivity contribution >= 4 is 5.97 Å². The third kappa shape index (κ3) is 5.74. The predicted octanol–water partition coefficient (Wildman–Crippen LogP) is -0.753. The van der Waals surface area contributed by atoms with E-state index in [-0.39, 0.29) is 12.1 Å². The van der Waals surface area contributed by atoms with Crippen molar-refractivity contribution in [2.24, 2.45) is 0 Å². The van der Waals surface area contributed by atoms with Crippen LogP contribution in [0.2, 0.25) is 0 Å². The summed E-state index contributed by atoms with van der Waals surface area (Å²) in [7, 11) is 0. The van der Waals surface area contributed by atoms with Crippen molar-refractivity contribution in [1.82, 2.24) is 0 Å². The Bertz CT molecular complexity index is 274. The first kappa shape index (κ1) is 13.0. The Kier molecular flexibility index (Phi) is 5.91. The van der Waals surface area contributed by atoms with Crippen LogP contribution >= 0.6 is 0 Å². The number of morpholine rings is 1. The molecular weight excluding hydrogens is 206 g/mol. The minimum atomic E-state index is -0.242. The van der Waals surface area contributed by atoms with Crippen LogP contribution in [-0.2, 0) is 14.3 Å². The molecule has 1 fully saturated rings. The van der Waals surface area contributed by atoms with Crippen LogP contribution in [0, 0.1) is 11.8 Å². The summed E-state index contributed by atoms with van der Waals surface area (Å²) in [5, 5.41) is 0. The number of hydrogen-bond acceptors (Lipinski definition) is 3. The number of quaternary nitrogens is 1. The molecule has 0 spiro atoms. The fourth-order valence-electron chi connectivity index (χ4n) is 1.57. The maximum atomic E-state index is 10.6. The first-order chi connectivity index (χ1) is 7.68. The molecule has 4 nitrogen and oxygen atoms in total. The van der Waals surface area contributed by atoms with Gasteiger partial charge < -0.3 is 14.4 Å². The molecule has 0 aromatic rings. The van der Waals surface area contributed by atoms with Crippen LogP contribution < -0.4 is 4.90 Å². The molecular formula is C12H20NO3+. The standard InChI is InChI=1S/C12H19NO3/c1-11(16-12(2)14)5-3-4-6-13-7-9-15-10-8-13/h11H,5-10H2,1-2H3/p+1/t11-/m1/s1. The maximum absolute atomic E-state index is 10.6. The Labute approximate surface area is 96.9 Å². The van der Waals surface area contributed by atoms with Gasteiger partial charge in [0, 0.05) is 13.3 Å². The Morgan fingerprint density at radius 1 is 1.44 bits per heavy atom. The summed E-state index contributed by atoms with van der Waals surface area (Å²) in [6.07, 6.45) is 0.508.